The molecule has 1 nitrogen and oxygen atoms in total. The summed E-state index contributed by atoms with van der Waals surface area (Å²) in [5.41, 5.74) is 7.04. The molecule has 1 aromatic heterocycles. The monoisotopic (exact) mass is 513 g/mol. The second-order valence-corrected chi connectivity index (χ2v) is 7.09. The van der Waals surface area contributed by atoms with Crippen molar-refractivity contribution < 1.29 is 20.1 Å². The van der Waals surface area contributed by atoms with E-state index in [2.05, 4.69) is 36.2 Å². The third-order valence-electron chi connectivity index (χ3n) is 5.27. The fraction of sp³-hybridized carbons (Fsp3) is 0.522. The second kappa shape index (κ2) is 10.9. The summed E-state index contributed by atoms with van der Waals surface area (Å²) in [5.74, 6) is 0. The maximum atomic E-state index is 4.56. The molecule has 0 unspecified atom stereocenters. The van der Waals surface area contributed by atoms with Gasteiger partial charge in [-0.15, -0.1) is 34.4 Å². The Balaban J connectivity index is 0.00000225. The fourth-order valence-corrected chi connectivity index (χ4v) is 3.93. The Bertz CT molecular complexity index is 636. The number of aryl methyl sites for hydroxylation is 1. The van der Waals surface area contributed by atoms with E-state index in [9.17, 15) is 0 Å². The molecule has 0 bridgehead atoms. The predicted octanol–water partition coefficient (Wildman–Crippen LogP) is 6.33. The summed E-state index contributed by atoms with van der Waals surface area (Å²) in [6.07, 6.45) is 16.4. The average Bonchev–Trinajstić information content (AvgIpc) is 2.65. The molecule has 0 spiro atoms. The van der Waals surface area contributed by atoms with Crippen molar-refractivity contribution in [1.29, 1.82) is 0 Å². The number of benzene rings is 1. The average molecular weight is 513 g/mol. The van der Waals surface area contributed by atoms with Gasteiger partial charge in [-0.1, -0.05) is 83.3 Å². The van der Waals surface area contributed by atoms with Crippen molar-refractivity contribution in [3.05, 3.63) is 53.2 Å². The van der Waals surface area contributed by atoms with E-state index < -0.39 is 0 Å². The van der Waals surface area contributed by atoms with Gasteiger partial charge in [0, 0.05) is 26.3 Å². The van der Waals surface area contributed by atoms with E-state index >= 15 is 0 Å². The van der Waals surface area contributed by atoms with Crippen LogP contribution in [0, 0.1) is 6.07 Å². The van der Waals surface area contributed by atoms with E-state index in [4.69, 9.17) is 0 Å². The topological polar surface area (TPSA) is 12.9 Å². The van der Waals surface area contributed by atoms with Crippen LogP contribution in [0.15, 0.2) is 30.5 Å². The molecule has 0 atom stereocenters. The van der Waals surface area contributed by atoms with Crippen LogP contribution in [0.1, 0.15) is 75.0 Å². The minimum atomic E-state index is 0. The van der Waals surface area contributed by atoms with Crippen LogP contribution in [-0.4, -0.2) is 4.98 Å². The van der Waals surface area contributed by atoms with Gasteiger partial charge in [0.2, 0.25) is 0 Å². The Kier molecular flexibility index (Phi) is 8.85. The molecule has 2 aromatic rings. The number of nitrogens with zero attached hydrogens (tertiary/aromatic N) is 1. The van der Waals surface area contributed by atoms with Crippen molar-refractivity contribution in [2.75, 3.05) is 0 Å². The maximum absolute atomic E-state index is 4.56. The van der Waals surface area contributed by atoms with E-state index in [0.29, 0.717) is 0 Å². The van der Waals surface area contributed by atoms with Crippen LogP contribution < -0.4 is 0 Å². The van der Waals surface area contributed by atoms with Crippen LogP contribution in [0.5, 0.6) is 0 Å². The van der Waals surface area contributed by atoms with Gasteiger partial charge in [-0.05, 0) is 18.2 Å². The first-order valence-electron chi connectivity index (χ1n) is 9.87. The van der Waals surface area contributed by atoms with Crippen molar-refractivity contribution in [2.24, 2.45) is 0 Å². The van der Waals surface area contributed by atoms with E-state index in [-0.39, 0.29) is 20.1 Å². The molecule has 25 heavy (non-hydrogen) atoms. The molecule has 1 aliphatic rings. The van der Waals surface area contributed by atoms with Gasteiger partial charge in [0.05, 0.1) is 0 Å². The molecule has 0 fully saturated rings. The molecular weight excluding hydrogens is 482 g/mol. The van der Waals surface area contributed by atoms with Gasteiger partial charge < -0.3 is 4.98 Å². The van der Waals surface area contributed by atoms with Crippen molar-refractivity contribution in [3.63, 3.8) is 0 Å². The molecule has 0 N–H and O–H groups in total. The van der Waals surface area contributed by atoms with Gasteiger partial charge in [0.1, 0.15) is 0 Å². The molecule has 1 aliphatic carbocycles. The zero-order valence-electron chi connectivity index (χ0n) is 15.4. The Morgan fingerprint density at radius 2 is 1.72 bits per heavy atom. The van der Waals surface area contributed by atoms with Crippen molar-refractivity contribution >= 4 is 0 Å². The zero-order chi connectivity index (χ0) is 16.6. The maximum Gasteiger partial charge on any atom is 0.0160 e. The predicted molar refractivity (Wildman–Crippen MR) is 102 cm³/mol. The first-order valence-corrected chi connectivity index (χ1v) is 9.87. The van der Waals surface area contributed by atoms with Gasteiger partial charge in [-0.3, -0.25) is 0 Å². The molecular formula is C23H30IrN-. The van der Waals surface area contributed by atoms with Crippen LogP contribution in [0.4, 0.5) is 0 Å². The Morgan fingerprint density at radius 3 is 2.48 bits per heavy atom. The normalized spacial score (nSPS) is 13.2. The van der Waals surface area contributed by atoms with Gasteiger partial charge in [0.25, 0.3) is 0 Å². The van der Waals surface area contributed by atoms with Crippen molar-refractivity contribution in [2.45, 2.75) is 77.6 Å². The number of rotatable bonds is 8. The molecule has 0 amide bonds. The molecule has 1 aromatic carbocycles. The van der Waals surface area contributed by atoms with E-state index in [1.807, 2.05) is 12.3 Å². The Hall–Kier alpha value is -0.981. The number of aromatic nitrogens is 1. The van der Waals surface area contributed by atoms with E-state index in [0.717, 1.165) is 5.69 Å². The third-order valence-corrected chi connectivity index (χ3v) is 5.27. The van der Waals surface area contributed by atoms with Gasteiger partial charge in [0.15, 0.2) is 0 Å². The first kappa shape index (κ1) is 20.3. The van der Waals surface area contributed by atoms with Crippen LogP contribution in [0.3, 0.4) is 0 Å². The molecule has 0 saturated carbocycles. The van der Waals surface area contributed by atoms with E-state index in [1.54, 1.807) is 11.1 Å². The van der Waals surface area contributed by atoms with Crippen molar-refractivity contribution in [3.8, 4) is 11.3 Å². The van der Waals surface area contributed by atoms with Gasteiger partial charge in [-0.25, -0.2) is 0 Å². The summed E-state index contributed by atoms with van der Waals surface area (Å²) >= 11 is 0. The smallest absolute Gasteiger partial charge is 0.0160 e. The fourth-order valence-electron chi connectivity index (χ4n) is 3.93. The summed E-state index contributed by atoms with van der Waals surface area (Å²) in [7, 11) is 0. The molecule has 1 radical (unpaired) electrons. The number of hydrogen-bond acceptors (Lipinski definition) is 1. The summed E-state index contributed by atoms with van der Waals surface area (Å²) in [6, 6.07) is 12.0. The molecule has 3 rings (SSSR count). The summed E-state index contributed by atoms with van der Waals surface area (Å²) in [4.78, 5) is 4.56. The number of pyridine rings is 1. The SMILES string of the molecule is CCCCCCCCc1c[c-]c(-c2ccccn2)c2c1CCCC2.[Ir]. The van der Waals surface area contributed by atoms with Gasteiger partial charge in [-0.2, -0.15) is 0 Å². The number of hydrogen-bond donors (Lipinski definition) is 0. The zero-order valence-corrected chi connectivity index (χ0v) is 17.8. The summed E-state index contributed by atoms with van der Waals surface area (Å²) < 4.78 is 0. The molecule has 137 valence electrons. The van der Waals surface area contributed by atoms with Crippen LogP contribution >= 0.6 is 0 Å². The minimum Gasteiger partial charge on any atom is -0.305 e. The summed E-state index contributed by atoms with van der Waals surface area (Å²) in [6.45, 7) is 2.28. The number of fused-ring (bicyclic) bond motifs is 1. The number of unbranched alkanes of at least 4 members (excludes halogenated alkanes) is 5. The third kappa shape index (κ3) is 5.50. The van der Waals surface area contributed by atoms with Gasteiger partial charge >= 0.3 is 0 Å². The van der Waals surface area contributed by atoms with Crippen molar-refractivity contribution in [1.82, 2.24) is 4.98 Å². The van der Waals surface area contributed by atoms with Crippen LogP contribution in [-0.2, 0) is 39.4 Å². The van der Waals surface area contributed by atoms with Crippen LogP contribution in [0.2, 0.25) is 0 Å². The quantitative estimate of drug-likeness (QED) is 0.298. The Morgan fingerprint density at radius 1 is 0.960 bits per heavy atom. The molecule has 0 saturated heterocycles. The van der Waals surface area contributed by atoms with Crippen LogP contribution in [0.25, 0.3) is 11.3 Å². The standard InChI is InChI=1S/C23H30N.Ir/c1-2-3-4-5-6-7-12-19-16-17-22(23-15-10-11-18-24-23)21-14-9-8-13-20(19)21;/h10-11,15-16,18H,2-9,12-14H2,1H3;/q-1;. The Labute approximate surface area is 167 Å². The molecule has 2 heteroatoms. The second-order valence-electron chi connectivity index (χ2n) is 7.09. The molecule has 0 aliphatic heterocycles. The first-order chi connectivity index (χ1) is 11.9. The largest absolute Gasteiger partial charge is 0.305 e. The minimum absolute atomic E-state index is 0. The van der Waals surface area contributed by atoms with E-state index in [1.165, 1.54) is 81.8 Å². The summed E-state index contributed by atoms with van der Waals surface area (Å²) in [5, 5.41) is 0. The molecule has 1 heterocycles.